The summed E-state index contributed by atoms with van der Waals surface area (Å²) < 4.78 is 32.8. The predicted molar refractivity (Wildman–Crippen MR) is 111 cm³/mol. The van der Waals surface area contributed by atoms with Gasteiger partial charge in [-0.2, -0.15) is 0 Å². The van der Waals surface area contributed by atoms with Crippen molar-refractivity contribution in [3.63, 3.8) is 0 Å². The van der Waals surface area contributed by atoms with E-state index in [2.05, 4.69) is 9.88 Å². The highest BCUT2D eigenvalue weighted by Crippen LogP contribution is 2.37. The number of anilines is 1. The van der Waals surface area contributed by atoms with Crippen LogP contribution in [0.5, 0.6) is 0 Å². The summed E-state index contributed by atoms with van der Waals surface area (Å²) in [5.41, 5.74) is 4.46. The third kappa shape index (κ3) is 3.38. The second-order valence-corrected chi connectivity index (χ2v) is 9.34. The van der Waals surface area contributed by atoms with Gasteiger partial charge >= 0.3 is 0 Å². The van der Waals surface area contributed by atoms with Crippen LogP contribution < -0.4 is 4.90 Å². The van der Waals surface area contributed by atoms with Crippen molar-refractivity contribution in [2.75, 3.05) is 31.2 Å². The monoisotopic (exact) mass is 396 g/mol. The van der Waals surface area contributed by atoms with Crippen LogP contribution in [0.3, 0.4) is 0 Å². The molecule has 0 spiro atoms. The molecule has 0 unspecified atom stereocenters. The lowest BCUT2D eigenvalue weighted by Crippen LogP contribution is -2.37. The molecule has 0 radical (unpaired) electrons. The summed E-state index contributed by atoms with van der Waals surface area (Å²) in [6.45, 7) is 8.31. The maximum atomic E-state index is 13.6. The van der Waals surface area contributed by atoms with E-state index < -0.39 is 9.84 Å². The van der Waals surface area contributed by atoms with Gasteiger partial charge in [0.1, 0.15) is 4.90 Å². The SMILES string of the molecule is Cc1cc(C)cc(S(=O)(=O)c2cnc3ccc(C)cc3c2N2CCOCC2)c1. The highest BCUT2D eigenvalue weighted by atomic mass is 32.2. The molecule has 3 aromatic rings. The van der Waals surface area contributed by atoms with Gasteiger partial charge in [-0.1, -0.05) is 17.7 Å². The summed E-state index contributed by atoms with van der Waals surface area (Å²) in [6, 6.07) is 11.4. The van der Waals surface area contributed by atoms with Crippen molar-refractivity contribution >= 4 is 26.4 Å². The van der Waals surface area contributed by atoms with Gasteiger partial charge in [-0.3, -0.25) is 4.98 Å². The lowest BCUT2D eigenvalue weighted by Gasteiger charge is -2.31. The zero-order chi connectivity index (χ0) is 19.9. The summed E-state index contributed by atoms with van der Waals surface area (Å²) in [7, 11) is -3.71. The van der Waals surface area contributed by atoms with E-state index in [9.17, 15) is 8.42 Å². The first kappa shape index (κ1) is 18.9. The molecule has 0 saturated carbocycles. The minimum Gasteiger partial charge on any atom is -0.378 e. The molecule has 0 amide bonds. The Bertz CT molecular complexity index is 1130. The summed E-state index contributed by atoms with van der Waals surface area (Å²) in [5.74, 6) is 0. The highest BCUT2D eigenvalue weighted by molar-refractivity contribution is 7.91. The van der Waals surface area contributed by atoms with E-state index in [1.54, 1.807) is 12.1 Å². The van der Waals surface area contributed by atoms with Crippen molar-refractivity contribution in [3.05, 3.63) is 59.3 Å². The number of nitrogens with zero attached hydrogens (tertiary/aromatic N) is 2. The van der Waals surface area contributed by atoms with E-state index in [4.69, 9.17) is 4.74 Å². The van der Waals surface area contributed by atoms with Crippen LogP contribution in [0.4, 0.5) is 5.69 Å². The molecule has 2 heterocycles. The normalized spacial score (nSPS) is 15.2. The molecular formula is C22H24N2O3S. The Balaban J connectivity index is 2.00. The molecule has 0 aliphatic carbocycles. The molecule has 1 aliphatic heterocycles. The number of rotatable bonds is 3. The molecule has 0 atom stereocenters. The number of aromatic nitrogens is 1. The summed E-state index contributed by atoms with van der Waals surface area (Å²) in [4.78, 5) is 7.17. The summed E-state index contributed by atoms with van der Waals surface area (Å²) >= 11 is 0. The van der Waals surface area contributed by atoms with Crippen LogP contribution in [-0.2, 0) is 14.6 Å². The second kappa shape index (κ2) is 7.18. The van der Waals surface area contributed by atoms with Crippen molar-refractivity contribution in [2.24, 2.45) is 0 Å². The van der Waals surface area contributed by atoms with Crippen LogP contribution in [-0.4, -0.2) is 39.7 Å². The van der Waals surface area contributed by atoms with Gasteiger partial charge in [0.15, 0.2) is 0 Å². The van der Waals surface area contributed by atoms with Crippen molar-refractivity contribution < 1.29 is 13.2 Å². The van der Waals surface area contributed by atoms with Crippen molar-refractivity contribution in [2.45, 2.75) is 30.6 Å². The van der Waals surface area contributed by atoms with Gasteiger partial charge in [0.05, 0.1) is 29.3 Å². The van der Waals surface area contributed by atoms with E-state index in [1.165, 1.54) is 6.20 Å². The van der Waals surface area contributed by atoms with Crippen LogP contribution in [0, 0.1) is 20.8 Å². The van der Waals surface area contributed by atoms with Crippen molar-refractivity contribution in [1.82, 2.24) is 4.98 Å². The molecule has 6 heteroatoms. The minimum absolute atomic E-state index is 0.262. The first-order valence-electron chi connectivity index (χ1n) is 9.42. The Kier molecular flexibility index (Phi) is 4.85. The van der Waals surface area contributed by atoms with Gasteiger partial charge in [-0.15, -0.1) is 0 Å². The molecular weight excluding hydrogens is 372 g/mol. The average Bonchev–Trinajstić information content (AvgIpc) is 2.67. The lowest BCUT2D eigenvalue weighted by atomic mass is 10.1. The molecule has 0 bridgehead atoms. The van der Waals surface area contributed by atoms with Crippen LogP contribution in [0.25, 0.3) is 10.9 Å². The first-order valence-corrected chi connectivity index (χ1v) is 10.9. The second-order valence-electron chi connectivity index (χ2n) is 7.42. The number of fused-ring (bicyclic) bond motifs is 1. The van der Waals surface area contributed by atoms with Crippen LogP contribution in [0.1, 0.15) is 16.7 Å². The number of hydrogen-bond acceptors (Lipinski definition) is 5. The van der Waals surface area contributed by atoms with Gasteiger partial charge in [0, 0.05) is 24.7 Å². The van der Waals surface area contributed by atoms with Gasteiger partial charge in [-0.25, -0.2) is 8.42 Å². The molecule has 0 N–H and O–H groups in total. The molecule has 1 fully saturated rings. The minimum atomic E-state index is -3.71. The molecule has 1 saturated heterocycles. The number of morpholine rings is 1. The van der Waals surface area contributed by atoms with Gasteiger partial charge < -0.3 is 9.64 Å². The highest BCUT2D eigenvalue weighted by Gasteiger charge is 2.28. The van der Waals surface area contributed by atoms with E-state index >= 15 is 0 Å². The van der Waals surface area contributed by atoms with E-state index in [1.807, 2.05) is 45.0 Å². The molecule has 4 rings (SSSR count). The molecule has 1 aromatic heterocycles. The standard InChI is InChI=1S/C22H24N2O3S/c1-15-4-5-20-19(13-15)22(24-6-8-27-9-7-24)21(14-23-20)28(25,26)18-11-16(2)10-17(3)12-18/h4-5,10-14H,6-9H2,1-3H3. The Hall–Kier alpha value is -2.44. The Labute approximate surface area is 165 Å². The largest absolute Gasteiger partial charge is 0.378 e. The van der Waals surface area contributed by atoms with Gasteiger partial charge in [-0.05, 0) is 56.2 Å². The molecule has 5 nitrogen and oxygen atoms in total. The maximum Gasteiger partial charge on any atom is 0.210 e. The van der Waals surface area contributed by atoms with E-state index in [0.29, 0.717) is 31.2 Å². The number of hydrogen-bond donors (Lipinski definition) is 0. The van der Waals surface area contributed by atoms with Crippen molar-refractivity contribution in [1.29, 1.82) is 0 Å². The molecule has 146 valence electrons. The number of benzene rings is 2. The molecule has 28 heavy (non-hydrogen) atoms. The Morgan fingerprint density at radius 3 is 2.29 bits per heavy atom. The quantitative estimate of drug-likeness (QED) is 0.673. The van der Waals surface area contributed by atoms with Crippen LogP contribution >= 0.6 is 0 Å². The maximum absolute atomic E-state index is 13.6. The third-order valence-corrected chi connectivity index (χ3v) is 6.82. The van der Waals surface area contributed by atoms with E-state index in [0.717, 1.165) is 33.3 Å². The Morgan fingerprint density at radius 1 is 0.929 bits per heavy atom. The Morgan fingerprint density at radius 2 is 1.61 bits per heavy atom. The smallest absolute Gasteiger partial charge is 0.210 e. The van der Waals surface area contributed by atoms with Crippen LogP contribution in [0.15, 0.2) is 52.4 Å². The molecule has 2 aromatic carbocycles. The number of pyridine rings is 1. The number of aryl methyl sites for hydroxylation is 3. The first-order chi connectivity index (χ1) is 13.4. The number of sulfone groups is 1. The van der Waals surface area contributed by atoms with Crippen LogP contribution in [0.2, 0.25) is 0 Å². The fourth-order valence-electron chi connectivity index (χ4n) is 3.80. The zero-order valence-corrected chi connectivity index (χ0v) is 17.2. The fourth-order valence-corrected chi connectivity index (χ4v) is 5.42. The van der Waals surface area contributed by atoms with E-state index in [-0.39, 0.29) is 4.90 Å². The van der Waals surface area contributed by atoms with Crippen molar-refractivity contribution in [3.8, 4) is 0 Å². The average molecular weight is 397 g/mol. The molecule has 1 aliphatic rings. The summed E-state index contributed by atoms with van der Waals surface area (Å²) in [6.07, 6.45) is 1.51. The lowest BCUT2D eigenvalue weighted by molar-refractivity contribution is 0.122. The zero-order valence-electron chi connectivity index (χ0n) is 16.4. The van der Waals surface area contributed by atoms with Gasteiger partial charge in [0.2, 0.25) is 9.84 Å². The third-order valence-electron chi connectivity index (χ3n) is 5.08. The van der Waals surface area contributed by atoms with Gasteiger partial charge in [0.25, 0.3) is 0 Å². The summed E-state index contributed by atoms with van der Waals surface area (Å²) in [5, 5.41) is 0.868. The fraction of sp³-hybridized carbons (Fsp3) is 0.318. The topological polar surface area (TPSA) is 59.5 Å². The predicted octanol–water partition coefficient (Wildman–Crippen LogP) is 3.83. The number of ether oxygens (including phenoxy) is 1.